The molecule has 0 saturated carbocycles. The van der Waals surface area contributed by atoms with Gasteiger partial charge in [0.2, 0.25) is 0 Å². The van der Waals surface area contributed by atoms with Gasteiger partial charge in [-0.1, -0.05) is 0 Å². The van der Waals surface area contributed by atoms with Crippen molar-refractivity contribution in [3.63, 3.8) is 0 Å². The van der Waals surface area contributed by atoms with Crippen molar-refractivity contribution in [2.45, 2.75) is 0 Å². The lowest BCUT2D eigenvalue weighted by Crippen LogP contribution is -2.01. The zero-order valence-corrected chi connectivity index (χ0v) is 13.4. The monoisotopic (exact) mass is 345 g/mol. The zero-order chi connectivity index (χ0) is 18.6. The number of carbonyl (C=O) groups is 2. The van der Waals surface area contributed by atoms with E-state index in [2.05, 4.69) is 10.2 Å². The fourth-order valence-corrected chi connectivity index (χ4v) is 2.01. The van der Waals surface area contributed by atoms with Gasteiger partial charge in [-0.15, -0.1) is 5.11 Å². The number of anilines is 1. The third-order valence-electron chi connectivity index (χ3n) is 3.22. The van der Waals surface area contributed by atoms with Crippen LogP contribution in [0.5, 0.6) is 11.5 Å². The van der Waals surface area contributed by atoms with Crippen molar-refractivity contribution in [3.05, 3.63) is 41.5 Å². The van der Waals surface area contributed by atoms with Crippen LogP contribution in [-0.2, 0) is 0 Å². The Labute approximate surface area is 142 Å². The summed E-state index contributed by atoms with van der Waals surface area (Å²) in [6, 6.07) is 6.45. The molecule has 2 rings (SSSR count). The molecule has 0 atom stereocenters. The molecule has 0 aliphatic heterocycles. The van der Waals surface area contributed by atoms with E-state index in [1.807, 2.05) is 0 Å². The SMILES string of the molecule is COc1cc(N=Nc2cc(C(=O)O)cc(C(=O)O)c2)c(OC)cc1N. The summed E-state index contributed by atoms with van der Waals surface area (Å²) < 4.78 is 10.3. The second-order valence-electron chi connectivity index (χ2n) is 4.84. The minimum Gasteiger partial charge on any atom is -0.495 e. The summed E-state index contributed by atoms with van der Waals surface area (Å²) in [5.41, 5.74) is 6.05. The Balaban J connectivity index is 2.48. The number of benzene rings is 2. The van der Waals surface area contributed by atoms with Gasteiger partial charge in [-0.3, -0.25) is 0 Å². The number of carboxylic acids is 2. The highest BCUT2D eigenvalue weighted by molar-refractivity contribution is 5.95. The predicted molar refractivity (Wildman–Crippen MR) is 88.5 cm³/mol. The average Bonchev–Trinajstić information content (AvgIpc) is 2.59. The number of aromatic carboxylic acids is 2. The largest absolute Gasteiger partial charge is 0.495 e. The fraction of sp³-hybridized carbons (Fsp3) is 0.125. The van der Waals surface area contributed by atoms with E-state index in [1.54, 1.807) is 0 Å². The molecular formula is C16H15N3O6. The molecule has 0 heterocycles. The minimum atomic E-state index is -1.27. The van der Waals surface area contributed by atoms with Gasteiger partial charge < -0.3 is 25.4 Å². The molecule has 9 heteroatoms. The van der Waals surface area contributed by atoms with Crippen molar-refractivity contribution in [1.82, 2.24) is 0 Å². The van der Waals surface area contributed by atoms with Crippen LogP contribution >= 0.6 is 0 Å². The molecule has 0 amide bonds. The number of carboxylic acid groups (broad SMARTS) is 2. The number of nitrogens with zero attached hydrogens (tertiary/aromatic N) is 2. The second kappa shape index (κ2) is 7.30. The standard InChI is InChI=1S/C16H15N3O6/c1-24-13-7-12(14(25-2)6-11(13)17)19-18-10-4-8(15(20)21)3-9(5-10)16(22)23/h3-7H,17H2,1-2H3,(H,20,21)(H,22,23). The molecular weight excluding hydrogens is 330 g/mol. The minimum absolute atomic E-state index is 0.0649. The summed E-state index contributed by atoms with van der Waals surface area (Å²) in [5, 5.41) is 26.0. The van der Waals surface area contributed by atoms with Crippen LogP contribution in [0.4, 0.5) is 17.1 Å². The normalized spacial score (nSPS) is 10.6. The topological polar surface area (TPSA) is 144 Å². The first-order chi connectivity index (χ1) is 11.8. The molecule has 0 bridgehead atoms. The van der Waals surface area contributed by atoms with Crippen LogP contribution in [0.25, 0.3) is 0 Å². The quantitative estimate of drug-likeness (QED) is 0.539. The molecule has 0 spiro atoms. The van der Waals surface area contributed by atoms with Gasteiger partial charge >= 0.3 is 11.9 Å². The molecule has 130 valence electrons. The van der Waals surface area contributed by atoms with Crippen molar-refractivity contribution in [2.75, 3.05) is 20.0 Å². The first-order valence-corrected chi connectivity index (χ1v) is 6.90. The molecule has 4 N–H and O–H groups in total. The van der Waals surface area contributed by atoms with Crippen LogP contribution < -0.4 is 15.2 Å². The molecule has 0 radical (unpaired) electrons. The third kappa shape index (κ3) is 4.02. The average molecular weight is 345 g/mol. The summed E-state index contributed by atoms with van der Waals surface area (Å²) in [6.45, 7) is 0. The summed E-state index contributed by atoms with van der Waals surface area (Å²) in [4.78, 5) is 22.2. The Bertz CT molecular complexity index is 831. The molecule has 0 aliphatic rings. The van der Waals surface area contributed by atoms with E-state index in [0.29, 0.717) is 17.2 Å². The first-order valence-electron chi connectivity index (χ1n) is 6.90. The van der Waals surface area contributed by atoms with Gasteiger partial charge in [0.25, 0.3) is 0 Å². The maximum absolute atomic E-state index is 11.1. The Kier molecular flexibility index (Phi) is 5.18. The molecule has 0 aromatic heterocycles. The number of rotatable bonds is 6. The first kappa shape index (κ1) is 17.7. The molecule has 0 unspecified atom stereocenters. The van der Waals surface area contributed by atoms with Gasteiger partial charge in [0.05, 0.1) is 36.7 Å². The van der Waals surface area contributed by atoms with Crippen molar-refractivity contribution >= 4 is 29.0 Å². The number of nitrogens with two attached hydrogens (primary N) is 1. The molecule has 25 heavy (non-hydrogen) atoms. The lowest BCUT2D eigenvalue weighted by Gasteiger charge is -2.09. The molecule has 0 fully saturated rings. The van der Waals surface area contributed by atoms with Crippen LogP contribution in [0.3, 0.4) is 0 Å². The number of methoxy groups -OCH3 is 2. The maximum atomic E-state index is 11.1. The van der Waals surface area contributed by atoms with Gasteiger partial charge in [0.15, 0.2) is 0 Å². The second-order valence-corrected chi connectivity index (χ2v) is 4.84. The number of azo groups is 1. The van der Waals surface area contributed by atoms with Crippen LogP contribution in [-0.4, -0.2) is 36.4 Å². The van der Waals surface area contributed by atoms with Crippen LogP contribution in [0.1, 0.15) is 20.7 Å². The smallest absolute Gasteiger partial charge is 0.335 e. The zero-order valence-electron chi connectivity index (χ0n) is 13.4. The van der Waals surface area contributed by atoms with E-state index in [4.69, 9.17) is 25.4 Å². The van der Waals surface area contributed by atoms with Crippen molar-refractivity contribution in [3.8, 4) is 11.5 Å². The Morgan fingerprint density at radius 1 is 0.880 bits per heavy atom. The molecule has 0 aliphatic carbocycles. The predicted octanol–water partition coefficient (Wildman–Crippen LogP) is 3.10. The Morgan fingerprint density at radius 3 is 1.92 bits per heavy atom. The van der Waals surface area contributed by atoms with E-state index >= 15 is 0 Å². The maximum Gasteiger partial charge on any atom is 0.335 e. The lowest BCUT2D eigenvalue weighted by atomic mass is 10.1. The Hall–Kier alpha value is -3.62. The summed E-state index contributed by atoms with van der Waals surface area (Å²) >= 11 is 0. The summed E-state index contributed by atoms with van der Waals surface area (Å²) in [6.07, 6.45) is 0. The molecule has 9 nitrogen and oxygen atoms in total. The highest BCUT2D eigenvalue weighted by Gasteiger charge is 2.12. The van der Waals surface area contributed by atoms with E-state index in [-0.39, 0.29) is 22.5 Å². The molecule has 0 saturated heterocycles. The third-order valence-corrected chi connectivity index (χ3v) is 3.22. The summed E-state index contributed by atoms with van der Waals surface area (Å²) in [5.74, 6) is -1.85. The molecule has 2 aromatic carbocycles. The van der Waals surface area contributed by atoms with Crippen LogP contribution in [0.2, 0.25) is 0 Å². The van der Waals surface area contributed by atoms with Crippen molar-refractivity contribution in [1.29, 1.82) is 0 Å². The van der Waals surface area contributed by atoms with E-state index in [9.17, 15) is 9.59 Å². The van der Waals surface area contributed by atoms with Gasteiger partial charge in [-0.2, -0.15) is 5.11 Å². The molecule has 2 aromatic rings. The van der Waals surface area contributed by atoms with Gasteiger partial charge in [-0.25, -0.2) is 9.59 Å². The number of hydrogen-bond donors (Lipinski definition) is 3. The fourth-order valence-electron chi connectivity index (χ4n) is 2.01. The van der Waals surface area contributed by atoms with Gasteiger partial charge in [0, 0.05) is 12.1 Å². The van der Waals surface area contributed by atoms with E-state index in [1.165, 1.54) is 38.5 Å². The van der Waals surface area contributed by atoms with Crippen LogP contribution in [0, 0.1) is 0 Å². The number of ether oxygens (including phenoxy) is 2. The summed E-state index contributed by atoms with van der Waals surface area (Å²) in [7, 11) is 2.86. The van der Waals surface area contributed by atoms with Crippen molar-refractivity contribution < 1.29 is 29.3 Å². The van der Waals surface area contributed by atoms with Crippen molar-refractivity contribution in [2.24, 2.45) is 10.2 Å². The number of nitrogen functional groups attached to an aromatic ring is 1. The number of hydrogen-bond acceptors (Lipinski definition) is 7. The van der Waals surface area contributed by atoms with E-state index in [0.717, 1.165) is 6.07 Å². The highest BCUT2D eigenvalue weighted by Crippen LogP contribution is 2.37. The van der Waals surface area contributed by atoms with Crippen LogP contribution in [0.15, 0.2) is 40.6 Å². The van der Waals surface area contributed by atoms with Gasteiger partial charge in [0.1, 0.15) is 17.2 Å². The van der Waals surface area contributed by atoms with E-state index < -0.39 is 11.9 Å². The lowest BCUT2D eigenvalue weighted by molar-refractivity contribution is 0.0696. The highest BCUT2D eigenvalue weighted by atomic mass is 16.5. The Morgan fingerprint density at radius 2 is 1.44 bits per heavy atom. The van der Waals surface area contributed by atoms with Gasteiger partial charge in [-0.05, 0) is 18.2 Å².